The van der Waals surface area contributed by atoms with Gasteiger partial charge in [0.1, 0.15) is 10.7 Å². The maximum Gasteiger partial charge on any atom is 0.436 e. The minimum Gasteiger partial charge on any atom is -0.335 e. The summed E-state index contributed by atoms with van der Waals surface area (Å²) in [5.74, 6) is -0.527. The van der Waals surface area contributed by atoms with Gasteiger partial charge in [-0.2, -0.15) is 18.3 Å². The van der Waals surface area contributed by atoms with Crippen molar-refractivity contribution in [3.8, 4) is 0 Å². The van der Waals surface area contributed by atoms with Gasteiger partial charge in [-0.05, 0) is 12.5 Å². The van der Waals surface area contributed by atoms with E-state index in [4.69, 9.17) is 11.6 Å². The number of amides is 1. The van der Waals surface area contributed by atoms with Crippen LogP contribution in [0.3, 0.4) is 0 Å². The summed E-state index contributed by atoms with van der Waals surface area (Å²) >= 11 is 5.82. The maximum absolute atomic E-state index is 12.9. The summed E-state index contributed by atoms with van der Waals surface area (Å²) in [5.41, 5.74) is 0.927. The van der Waals surface area contributed by atoms with E-state index in [2.05, 4.69) is 22.1 Å². The highest BCUT2D eigenvalue weighted by atomic mass is 35.5. The molecule has 0 N–H and O–H groups in total. The summed E-state index contributed by atoms with van der Waals surface area (Å²) < 4.78 is 39.7. The van der Waals surface area contributed by atoms with Gasteiger partial charge in [0, 0.05) is 39.8 Å². The second kappa shape index (κ2) is 7.52. The van der Waals surface area contributed by atoms with Gasteiger partial charge in [-0.15, -0.1) is 0 Å². The lowest BCUT2D eigenvalue weighted by molar-refractivity contribution is -0.141. The van der Waals surface area contributed by atoms with E-state index in [1.165, 1.54) is 23.1 Å². The van der Waals surface area contributed by atoms with E-state index in [-0.39, 0.29) is 5.69 Å². The molecule has 5 nitrogen and oxygen atoms in total. The first-order valence-corrected chi connectivity index (χ1v) is 8.91. The minimum absolute atomic E-state index is 0.226. The van der Waals surface area contributed by atoms with Gasteiger partial charge in [-0.25, -0.2) is 0 Å². The lowest BCUT2D eigenvalue weighted by atomic mass is 10.1. The first kappa shape index (κ1) is 19.7. The molecule has 0 unspecified atom stereocenters. The van der Waals surface area contributed by atoms with Gasteiger partial charge in [0.25, 0.3) is 5.91 Å². The second-order valence-electron chi connectivity index (χ2n) is 6.69. The number of benzene rings is 1. The maximum atomic E-state index is 12.9. The van der Waals surface area contributed by atoms with Crippen LogP contribution in [0, 0.1) is 6.92 Å². The summed E-state index contributed by atoms with van der Waals surface area (Å²) in [4.78, 5) is 16.4. The molecule has 2 aromatic rings. The van der Waals surface area contributed by atoms with Crippen LogP contribution in [0.2, 0.25) is 5.02 Å². The number of aryl methyl sites for hydroxylation is 2. The molecule has 0 aliphatic carbocycles. The number of nitrogens with zero attached hydrogens (tertiary/aromatic N) is 4. The number of rotatable bonds is 3. The Morgan fingerprint density at radius 1 is 1.22 bits per heavy atom. The van der Waals surface area contributed by atoms with Crippen LogP contribution in [0.25, 0.3) is 0 Å². The molecule has 1 amide bonds. The third kappa shape index (κ3) is 4.27. The molecule has 1 fully saturated rings. The third-order valence-corrected chi connectivity index (χ3v) is 4.97. The number of aromatic nitrogens is 2. The quantitative estimate of drug-likeness (QED) is 0.793. The monoisotopic (exact) mass is 400 g/mol. The van der Waals surface area contributed by atoms with E-state index in [1.54, 1.807) is 0 Å². The van der Waals surface area contributed by atoms with Crippen LogP contribution in [0.15, 0.2) is 24.3 Å². The summed E-state index contributed by atoms with van der Waals surface area (Å²) in [6.07, 6.45) is -4.69. The fourth-order valence-electron chi connectivity index (χ4n) is 3.24. The zero-order valence-corrected chi connectivity index (χ0v) is 15.8. The molecule has 1 aromatic heterocycles. The number of carbonyl (C=O) groups is 1. The molecule has 1 aliphatic rings. The number of hydrogen-bond acceptors (Lipinski definition) is 3. The summed E-state index contributed by atoms with van der Waals surface area (Å²) in [6, 6.07) is 8.21. The molecule has 0 saturated carbocycles. The Morgan fingerprint density at radius 2 is 1.89 bits per heavy atom. The van der Waals surface area contributed by atoms with Gasteiger partial charge in [-0.1, -0.05) is 41.4 Å². The standard InChI is InChI=1S/C18H20ClF3N4O/c1-12-4-3-5-13(10-12)11-25-6-8-26(9-7-25)17(27)15-14(19)16(18(20,21)22)23-24(15)2/h3-5,10H,6-9,11H2,1-2H3. The van der Waals surface area contributed by atoms with Crippen molar-refractivity contribution >= 4 is 17.5 Å². The van der Waals surface area contributed by atoms with Crippen molar-refractivity contribution in [3.63, 3.8) is 0 Å². The van der Waals surface area contributed by atoms with Gasteiger partial charge >= 0.3 is 6.18 Å². The lowest BCUT2D eigenvalue weighted by Gasteiger charge is -2.34. The first-order valence-electron chi connectivity index (χ1n) is 8.53. The average Bonchev–Trinajstić information content (AvgIpc) is 2.90. The number of hydrogen-bond donors (Lipinski definition) is 0. The van der Waals surface area contributed by atoms with Crippen LogP contribution in [-0.4, -0.2) is 51.7 Å². The third-order valence-electron chi connectivity index (χ3n) is 4.61. The van der Waals surface area contributed by atoms with Gasteiger partial charge in [0.2, 0.25) is 0 Å². The van der Waals surface area contributed by atoms with Crippen molar-refractivity contribution in [3.05, 3.63) is 51.8 Å². The highest BCUT2D eigenvalue weighted by Gasteiger charge is 2.40. The zero-order valence-electron chi connectivity index (χ0n) is 15.1. The van der Waals surface area contributed by atoms with E-state index in [0.717, 1.165) is 11.2 Å². The van der Waals surface area contributed by atoms with E-state index in [0.29, 0.717) is 26.2 Å². The van der Waals surface area contributed by atoms with Crippen molar-refractivity contribution in [2.24, 2.45) is 7.05 Å². The molecule has 0 radical (unpaired) electrons. The van der Waals surface area contributed by atoms with Gasteiger partial charge in [0.05, 0.1) is 0 Å². The number of alkyl halides is 3. The van der Waals surface area contributed by atoms with Crippen LogP contribution in [0.5, 0.6) is 0 Å². The molecule has 27 heavy (non-hydrogen) atoms. The fraction of sp³-hybridized carbons (Fsp3) is 0.444. The van der Waals surface area contributed by atoms with Crippen LogP contribution < -0.4 is 0 Å². The normalized spacial score (nSPS) is 16.0. The Balaban J connectivity index is 1.66. The van der Waals surface area contributed by atoms with E-state index < -0.39 is 22.8 Å². The summed E-state index contributed by atoms with van der Waals surface area (Å²) in [5, 5.41) is 2.74. The molecule has 2 heterocycles. The zero-order chi connectivity index (χ0) is 19.8. The van der Waals surface area contributed by atoms with Gasteiger partial charge < -0.3 is 4.90 Å². The predicted octanol–water partition coefficient (Wildman–Crippen LogP) is 3.36. The van der Waals surface area contributed by atoms with E-state index in [9.17, 15) is 18.0 Å². The largest absolute Gasteiger partial charge is 0.436 e. The Labute approximate surface area is 160 Å². The Bertz CT molecular complexity index is 842. The number of carbonyl (C=O) groups excluding carboxylic acids is 1. The van der Waals surface area contributed by atoms with Crippen molar-refractivity contribution in [2.75, 3.05) is 26.2 Å². The highest BCUT2D eigenvalue weighted by Crippen LogP contribution is 2.35. The van der Waals surface area contributed by atoms with E-state index >= 15 is 0 Å². The summed E-state index contributed by atoms with van der Waals surface area (Å²) in [6.45, 7) is 4.94. The van der Waals surface area contributed by atoms with Crippen LogP contribution in [0.1, 0.15) is 27.3 Å². The Morgan fingerprint density at radius 3 is 2.44 bits per heavy atom. The molecule has 0 spiro atoms. The van der Waals surface area contributed by atoms with Crippen molar-refractivity contribution in [1.82, 2.24) is 19.6 Å². The molecule has 1 saturated heterocycles. The van der Waals surface area contributed by atoms with Crippen LogP contribution in [-0.2, 0) is 19.8 Å². The van der Waals surface area contributed by atoms with Crippen LogP contribution >= 0.6 is 11.6 Å². The Hall–Kier alpha value is -2.06. The molecule has 1 aliphatic heterocycles. The first-order chi connectivity index (χ1) is 12.7. The molecule has 1 aromatic carbocycles. The summed E-state index contributed by atoms with van der Waals surface area (Å²) in [7, 11) is 1.29. The van der Waals surface area contributed by atoms with Crippen molar-refractivity contribution < 1.29 is 18.0 Å². The van der Waals surface area contributed by atoms with Crippen molar-refractivity contribution in [1.29, 1.82) is 0 Å². The average molecular weight is 401 g/mol. The SMILES string of the molecule is Cc1cccc(CN2CCN(C(=O)c3c(Cl)c(C(F)(F)F)nn3C)CC2)c1. The highest BCUT2D eigenvalue weighted by molar-refractivity contribution is 6.34. The topological polar surface area (TPSA) is 41.4 Å². The minimum atomic E-state index is -4.69. The predicted molar refractivity (Wildman–Crippen MR) is 95.6 cm³/mol. The van der Waals surface area contributed by atoms with Gasteiger partial charge in [-0.3, -0.25) is 14.4 Å². The van der Waals surface area contributed by atoms with Crippen LogP contribution in [0.4, 0.5) is 13.2 Å². The molecular weight excluding hydrogens is 381 g/mol. The molecule has 9 heteroatoms. The smallest absolute Gasteiger partial charge is 0.335 e. The van der Waals surface area contributed by atoms with Crippen molar-refractivity contribution in [2.45, 2.75) is 19.6 Å². The number of piperazine rings is 1. The second-order valence-corrected chi connectivity index (χ2v) is 7.07. The molecule has 0 atom stereocenters. The van der Waals surface area contributed by atoms with Gasteiger partial charge in [0.15, 0.2) is 5.69 Å². The molecule has 3 rings (SSSR count). The number of halogens is 4. The molecule has 0 bridgehead atoms. The van der Waals surface area contributed by atoms with E-state index in [1.807, 2.05) is 19.1 Å². The molecule has 146 valence electrons. The Kier molecular flexibility index (Phi) is 5.48. The lowest BCUT2D eigenvalue weighted by Crippen LogP contribution is -2.48. The molecular formula is C18H20ClF3N4O. The fourth-order valence-corrected chi connectivity index (χ4v) is 3.59.